The molecule has 3 aromatic carbocycles. The number of methoxy groups -OCH3 is 2. The number of hydrogen-bond donors (Lipinski definition) is 2. The number of para-hydroxylation sites is 2. The monoisotopic (exact) mass is 578 g/mol. The van der Waals surface area contributed by atoms with E-state index in [9.17, 15) is 19.2 Å². The highest BCUT2D eigenvalue weighted by atomic mass is 35.5. The van der Waals surface area contributed by atoms with Crippen molar-refractivity contribution in [1.82, 2.24) is 0 Å². The van der Waals surface area contributed by atoms with Crippen LogP contribution in [0.15, 0.2) is 94.3 Å². The van der Waals surface area contributed by atoms with E-state index in [2.05, 4.69) is 10.6 Å². The van der Waals surface area contributed by atoms with Crippen molar-refractivity contribution in [2.45, 2.75) is 0 Å². The van der Waals surface area contributed by atoms with Crippen LogP contribution in [0, 0.1) is 0 Å². The first-order valence-electron chi connectivity index (χ1n) is 11.7. The molecule has 40 heavy (non-hydrogen) atoms. The maximum absolute atomic E-state index is 13.4. The summed E-state index contributed by atoms with van der Waals surface area (Å²) in [6.07, 6.45) is 0. The van der Waals surface area contributed by atoms with Crippen molar-refractivity contribution in [1.29, 1.82) is 0 Å². The van der Waals surface area contributed by atoms with E-state index < -0.39 is 23.6 Å². The van der Waals surface area contributed by atoms with Crippen LogP contribution in [0.25, 0.3) is 0 Å². The fourth-order valence-corrected chi connectivity index (χ4v) is 4.57. The van der Waals surface area contributed by atoms with Gasteiger partial charge in [0.15, 0.2) is 0 Å². The average molecular weight is 579 g/mol. The molecule has 3 aromatic rings. The molecule has 0 atom stereocenters. The van der Waals surface area contributed by atoms with Gasteiger partial charge in [0.2, 0.25) is 0 Å². The van der Waals surface area contributed by atoms with E-state index in [0.29, 0.717) is 22.9 Å². The number of nitrogens with one attached hydrogen (secondary N) is 2. The van der Waals surface area contributed by atoms with Gasteiger partial charge in [0, 0.05) is 11.4 Å². The van der Waals surface area contributed by atoms with Gasteiger partial charge in [-0.05, 0) is 60.7 Å². The number of amides is 4. The zero-order chi connectivity index (χ0) is 28.6. The number of anilines is 4. The summed E-state index contributed by atoms with van der Waals surface area (Å²) in [4.78, 5) is 54.8. The molecule has 12 heteroatoms. The Balaban J connectivity index is 1.43. The minimum atomic E-state index is -0.829. The molecule has 4 amide bonds. The lowest BCUT2D eigenvalue weighted by atomic mass is 10.2. The Morgan fingerprint density at radius 3 is 1.23 bits per heavy atom. The molecule has 2 heterocycles. The van der Waals surface area contributed by atoms with Gasteiger partial charge in [0.25, 0.3) is 23.6 Å². The quantitative estimate of drug-likeness (QED) is 0.373. The number of carbonyl (C=O) groups excluding carboxylic acids is 4. The zero-order valence-corrected chi connectivity index (χ0v) is 22.5. The number of imide groups is 2. The van der Waals surface area contributed by atoms with Gasteiger partial charge in [-0.2, -0.15) is 0 Å². The summed E-state index contributed by atoms with van der Waals surface area (Å²) in [7, 11) is 3.04. The topological polar surface area (TPSA) is 117 Å². The standard InChI is InChI=1S/C28H20Cl2N4O6/c1-39-17-11-7-15(8-12-17)31-23-21(29)25(35)33(27(23)37)19-5-3-4-6-20(19)34-26(36)22(30)24(28(34)38)32-16-9-13-18(40-2)14-10-16/h3-14,31-32H,1-2H3. The second kappa shape index (κ2) is 10.8. The molecule has 0 aliphatic carbocycles. The molecule has 0 saturated heterocycles. The molecule has 0 fully saturated rings. The molecule has 10 nitrogen and oxygen atoms in total. The number of carbonyl (C=O) groups is 4. The average Bonchev–Trinajstić information content (AvgIpc) is 3.31. The summed E-state index contributed by atoms with van der Waals surface area (Å²) in [5, 5.41) is 5.02. The van der Waals surface area contributed by atoms with Crippen LogP contribution in [0.2, 0.25) is 0 Å². The van der Waals surface area contributed by atoms with Crippen LogP contribution in [-0.4, -0.2) is 37.8 Å². The van der Waals surface area contributed by atoms with Crippen molar-refractivity contribution in [3.8, 4) is 11.5 Å². The first-order valence-corrected chi connectivity index (χ1v) is 12.5. The maximum atomic E-state index is 13.4. The van der Waals surface area contributed by atoms with Gasteiger partial charge in [-0.3, -0.25) is 19.2 Å². The molecule has 0 unspecified atom stereocenters. The molecular formula is C28H20Cl2N4O6. The van der Waals surface area contributed by atoms with E-state index in [-0.39, 0.29) is 32.8 Å². The van der Waals surface area contributed by atoms with Gasteiger partial charge < -0.3 is 20.1 Å². The van der Waals surface area contributed by atoms with Gasteiger partial charge in [-0.25, -0.2) is 9.80 Å². The van der Waals surface area contributed by atoms with Crippen LogP contribution in [-0.2, 0) is 19.2 Å². The Hall–Kier alpha value is -4.80. The highest BCUT2D eigenvalue weighted by Crippen LogP contribution is 2.39. The van der Waals surface area contributed by atoms with Gasteiger partial charge in [0.05, 0.1) is 25.6 Å². The fourth-order valence-electron chi connectivity index (χ4n) is 4.14. The summed E-state index contributed by atoms with van der Waals surface area (Å²) in [6, 6.07) is 19.2. The number of halogens is 2. The summed E-state index contributed by atoms with van der Waals surface area (Å²) < 4.78 is 10.3. The van der Waals surface area contributed by atoms with Crippen molar-refractivity contribution < 1.29 is 28.7 Å². The third-order valence-corrected chi connectivity index (χ3v) is 6.84. The fraction of sp³-hybridized carbons (Fsp3) is 0.0714. The van der Waals surface area contributed by atoms with E-state index in [4.69, 9.17) is 32.7 Å². The highest BCUT2D eigenvalue weighted by Gasteiger charge is 2.44. The van der Waals surface area contributed by atoms with Crippen LogP contribution in [0.1, 0.15) is 0 Å². The molecule has 2 aliphatic heterocycles. The Bertz CT molecular complexity index is 1500. The van der Waals surface area contributed by atoms with E-state index in [1.54, 1.807) is 60.7 Å². The Morgan fingerprint density at radius 2 is 0.900 bits per heavy atom. The van der Waals surface area contributed by atoms with Crippen molar-refractivity contribution in [3.05, 3.63) is 94.3 Å². The minimum Gasteiger partial charge on any atom is -0.497 e. The van der Waals surface area contributed by atoms with Crippen LogP contribution in [0.4, 0.5) is 22.7 Å². The van der Waals surface area contributed by atoms with Crippen LogP contribution in [0.5, 0.6) is 11.5 Å². The van der Waals surface area contributed by atoms with Crippen molar-refractivity contribution in [3.63, 3.8) is 0 Å². The molecule has 5 rings (SSSR count). The number of benzene rings is 3. The minimum absolute atomic E-state index is 0.0287. The smallest absolute Gasteiger partial charge is 0.283 e. The molecule has 0 aromatic heterocycles. The third kappa shape index (κ3) is 4.63. The lowest BCUT2D eigenvalue weighted by Gasteiger charge is -2.23. The highest BCUT2D eigenvalue weighted by molar-refractivity contribution is 6.55. The molecule has 2 N–H and O–H groups in total. The van der Waals surface area contributed by atoms with E-state index in [1.165, 1.54) is 26.4 Å². The Kier molecular flexibility index (Phi) is 7.20. The lowest BCUT2D eigenvalue weighted by Crippen LogP contribution is -2.37. The molecule has 202 valence electrons. The zero-order valence-electron chi connectivity index (χ0n) is 21.0. The van der Waals surface area contributed by atoms with Gasteiger partial charge >= 0.3 is 0 Å². The number of rotatable bonds is 8. The third-order valence-electron chi connectivity index (χ3n) is 6.14. The molecule has 2 aliphatic rings. The Morgan fingerprint density at radius 1 is 0.550 bits per heavy atom. The SMILES string of the molecule is COc1ccc(NC2=C(Cl)C(=O)N(c3ccccc3N3C(=O)C(Cl)=C(Nc4ccc(OC)cc4)C3=O)C2=O)cc1. The predicted octanol–water partition coefficient (Wildman–Crippen LogP) is 4.58. The van der Waals surface area contributed by atoms with Gasteiger partial charge in [0.1, 0.15) is 33.0 Å². The number of ether oxygens (including phenoxy) is 2. The van der Waals surface area contributed by atoms with Crippen LogP contribution < -0.4 is 29.9 Å². The van der Waals surface area contributed by atoms with E-state index in [0.717, 1.165) is 9.80 Å². The van der Waals surface area contributed by atoms with Crippen LogP contribution in [0.3, 0.4) is 0 Å². The first kappa shape index (κ1) is 26.8. The molecule has 0 spiro atoms. The second-order valence-electron chi connectivity index (χ2n) is 8.47. The van der Waals surface area contributed by atoms with Crippen molar-refractivity contribution in [2.24, 2.45) is 0 Å². The number of nitrogens with zero attached hydrogens (tertiary/aromatic N) is 2. The summed E-state index contributed by atoms with van der Waals surface area (Å²) in [5.41, 5.74) is 0.589. The Labute approximate surface area is 238 Å². The van der Waals surface area contributed by atoms with Gasteiger partial charge in [-0.1, -0.05) is 35.3 Å². The van der Waals surface area contributed by atoms with Crippen molar-refractivity contribution in [2.75, 3.05) is 34.7 Å². The number of hydrogen-bond acceptors (Lipinski definition) is 8. The maximum Gasteiger partial charge on any atom is 0.283 e. The molecular weight excluding hydrogens is 559 g/mol. The molecule has 0 radical (unpaired) electrons. The van der Waals surface area contributed by atoms with E-state index >= 15 is 0 Å². The largest absolute Gasteiger partial charge is 0.497 e. The predicted molar refractivity (Wildman–Crippen MR) is 150 cm³/mol. The normalized spacial score (nSPS) is 15.4. The first-order chi connectivity index (χ1) is 19.2. The molecule has 0 bridgehead atoms. The lowest BCUT2D eigenvalue weighted by molar-refractivity contribution is -0.122. The van der Waals surface area contributed by atoms with E-state index in [1.807, 2.05) is 0 Å². The molecule has 0 saturated carbocycles. The van der Waals surface area contributed by atoms with Gasteiger partial charge in [-0.15, -0.1) is 0 Å². The summed E-state index contributed by atoms with van der Waals surface area (Å²) >= 11 is 12.6. The summed E-state index contributed by atoms with van der Waals surface area (Å²) in [5.74, 6) is -2.00. The summed E-state index contributed by atoms with van der Waals surface area (Å²) in [6.45, 7) is 0. The van der Waals surface area contributed by atoms with Crippen LogP contribution >= 0.6 is 23.2 Å². The van der Waals surface area contributed by atoms with Crippen molar-refractivity contribution >= 4 is 69.6 Å². The second-order valence-corrected chi connectivity index (χ2v) is 9.22.